The van der Waals surface area contributed by atoms with E-state index in [9.17, 15) is 38.4 Å². The Morgan fingerprint density at radius 2 is 1.13 bits per heavy atom. The first-order chi connectivity index (χ1) is 28.7. The molecule has 0 heterocycles. The van der Waals surface area contributed by atoms with E-state index in [4.69, 9.17) is 16.6 Å². The molecule has 16 heteroatoms. The van der Waals surface area contributed by atoms with Gasteiger partial charge in [0.25, 0.3) is 0 Å². The maximum absolute atomic E-state index is 13.2. The quantitative estimate of drug-likeness (QED) is 0.0424. The Morgan fingerprint density at radius 3 is 1.65 bits per heavy atom. The lowest BCUT2D eigenvalue weighted by atomic mass is 9.97. The lowest BCUT2D eigenvalue weighted by molar-refractivity contribution is -0.133. The summed E-state index contributed by atoms with van der Waals surface area (Å²) in [6, 6.07) is 13.9. The molecular weight excluding hydrogens is 771 g/mol. The second-order valence-electron chi connectivity index (χ2n) is 15.0. The molecule has 0 aliphatic heterocycles. The first-order valence-electron chi connectivity index (χ1n) is 20.7. The van der Waals surface area contributed by atoms with Crippen LogP contribution in [0.5, 0.6) is 0 Å². The van der Waals surface area contributed by atoms with Gasteiger partial charge >= 0.3 is 5.97 Å². The van der Waals surface area contributed by atoms with Crippen molar-refractivity contribution in [3.63, 3.8) is 0 Å². The van der Waals surface area contributed by atoms with Gasteiger partial charge in [-0.25, -0.2) is 4.79 Å². The van der Waals surface area contributed by atoms with Crippen LogP contribution in [-0.4, -0.2) is 83.1 Å². The minimum absolute atomic E-state index is 0.0418. The number of rotatable bonds is 30. The summed E-state index contributed by atoms with van der Waals surface area (Å²) in [7, 11) is 0. The fourth-order valence-electron chi connectivity index (χ4n) is 6.37. The number of carboxylic acids is 1. The van der Waals surface area contributed by atoms with Crippen LogP contribution in [0.4, 0.5) is 0 Å². The molecular formula is C44H63N7O9. The molecule has 5 atom stereocenters. The summed E-state index contributed by atoms with van der Waals surface area (Å²) in [6.45, 7) is 4.13. The molecule has 0 fully saturated rings. The van der Waals surface area contributed by atoms with Crippen LogP contribution in [0.2, 0.25) is 0 Å². The highest BCUT2D eigenvalue weighted by molar-refractivity contribution is 5.98. The molecule has 0 bridgehead atoms. The zero-order valence-electron chi connectivity index (χ0n) is 34.8. The number of amides is 7. The normalized spacial score (nSPS) is 13.5. The van der Waals surface area contributed by atoms with Gasteiger partial charge in [-0.15, -0.1) is 0 Å². The number of carbonyl (C=O) groups excluding carboxylic acids is 7. The Bertz CT molecular complexity index is 1720. The molecule has 0 aliphatic rings. The minimum atomic E-state index is -1.34. The van der Waals surface area contributed by atoms with Crippen LogP contribution >= 0.6 is 0 Å². The van der Waals surface area contributed by atoms with Crippen molar-refractivity contribution in [1.82, 2.24) is 26.6 Å². The van der Waals surface area contributed by atoms with Gasteiger partial charge in [-0.2, -0.15) is 0 Å². The number of aliphatic carboxylic acids is 1. The Kier molecular flexibility index (Phi) is 23.7. The summed E-state index contributed by atoms with van der Waals surface area (Å²) >= 11 is 0. The van der Waals surface area contributed by atoms with Gasteiger partial charge in [0, 0.05) is 38.0 Å². The maximum Gasteiger partial charge on any atom is 0.328 e. The lowest BCUT2D eigenvalue weighted by Gasteiger charge is -2.26. The van der Waals surface area contributed by atoms with Gasteiger partial charge in [-0.1, -0.05) is 126 Å². The molecule has 0 aliphatic carbocycles. The summed E-state index contributed by atoms with van der Waals surface area (Å²) in [4.78, 5) is 99.3. The average molecular weight is 834 g/mol. The molecule has 2 aromatic carbocycles. The highest BCUT2D eigenvalue weighted by atomic mass is 16.4. The van der Waals surface area contributed by atoms with Crippen LogP contribution in [0.1, 0.15) is 102 Å². The summed E-state index contributed by atoms with van der Waals surface area (Å²) in [5, 5.41) is 22.1. The molecule has 2 rings (SSSR count). The van der Waals surface area contributed by atoms with Crippen molar-refractivity contribution in [3.05, 3.63) is 83.9 Å². The summed E-state index contributed by atoms with van der Waals surface area (Å²) in [5.74, 6) is -5.75. The number of primary amides is 2. The third kappa shape index (κ3) is 21.1. The Morgan fingerprint density at radius 1 is 0.617 bits per heavy atom. The first kappa shape index (κ1) is 50.1. The van der Waals surface area contributed by atoms with Crippen molar-refractivity contribution in [3.8, 4) is 0 Å². The van der Waals surface area contributed by atoms with Crippen molar-refractivity contribution in [2.45, 2.75) is 128 Å². The lowest BCUT2D eigenvalue weighted by Crippen LogP contribution is -2.55. The molecule has 328 valence electrons. The van der Waals surface area contributed by atoms with Crippen LogP contribution in [0.3, 0.4) is 0 Å². The molecule has 0 saturated carbocycles. The van der Waals surface area contributed by atoms with Crippen LogP contribution in [0.15, 0.2) is 72.8 Å². The first-order valence-corrected chi connectivity index (χ1v) is 20.7. The van der Waals surface area contributed by atoms with Crippen LogP contribution in [0, 0.1) is 5.92 Å². The summed E-state index contributed by atoms with van der Waals surface area (Å²) < 4.78 is 0. The molecule has 0 radical (unpaired) electrons. The largest absolute Gasteiger partial charge is 0.478 e. The van der Waals surface area contributed by atoms with Gasteiger partial charge < -0.3 is 43.2 Å². The second kappa shape index (κ2) is 28.4. The number of nitrogens with one attached hydrogen (secondary N) is 5. The van der Waals surface area contributed by atoms with Crippen LogP contribution < -0.4 is 38.1 Å². The maximum atomic E-state index is 13.2. The highest BCUT2D eigenvalue weighted by Crippen LogP contribution is 2.13. The zero-order valence-corrected chi connectivity index (χ0v) is 34.8. The van der Waals surface area contributed by atoms with Crippen molar-refractivity contribution in [2.24, 2.45) is 17.4 Å². The molecule has 10 N–H and O–H groups in total. The third-order valence-corrected chi connectivity index (χ3v) is 9.97. The van der Waals surface area contributed by atoms with E-state index >= 15 is 0 Å². The molecule has 0 saturated heterocycles. The van der Waals surface area contributed by atoms with E-state index < -0.39 is 72.0 Å². The van der Waals surface area contributed by atoms with Gasteiger partial charge in [-0.05, 0) is 29.9 Å². The number of nitrogens with two attached hydrogens (primary N) is 2. The van der Waals surface area contributed by atoms with E-state index in [1.165, 1.54) is 0 Å². The monoisotopic (exact) mass is 833 g/mol. The number of carboxylic acid groups (broad SMARTS) is 1. The molecule has 7 amide bonds. The number of hydrogen-bond acceptors (Lipinski definition) is 8. The van der Waals surface area contributed by atoms with Gasteiger partial charge in [0.05, 0.1) is 6.42 Å². The predicted molar refractivity (Wildman–Crippen MR) is 226 cm³/mol. The molecule has 16 nitrogen and oxygen atoms in total. The highest BCUT2D eigenvalue weighted by Gasteiger charge is 2.30. The molecule has 60 heavy (non-hydrogen) atoms. The SMILES string of the molecule is CC[C@@H](C)[C@H](NC(=O)CCCCCCCCCCCNC(=O)[C@@H](CC(N)=O)NC(=O)[C@@H](Cc1ccccc1)NC(=O)/C=C/C(=O)O)C(=O)N[C@@H](Cc1ccccc1)C(N)=O. The van der Waals surface area contributed by atoms with Crippen LogP contribution in [-0.2, 0) is 51.2 Å². The third-order valence-electron chi connectivity index (χ3n) is 9.97. The molecule has 0 spiro atoms. The number of carbonyl (C=O) groups is 8. The van der Waals surface area contributed by atoms with Crippen molar-refractivity contribution >= 4 is 47.3 Å². The number of unbranched alkanes of at least 4 members (excludes halogenated alkanes) is 8. The van der Waals surface area contributed by atoms with E-state index in [-0.39, 0.29) is 31.1 Å². The van der Waals surface area contributed by atoms with E-state index in [0.29, 0.717) is 37.4 Å². The van der Waals surface area contributed by atoms with E-state index in [1.54, 1.807) is 30.3 Å². The minimum Gasteiger partial charge on any atom is -0.478 e. The standard InChI is InChI=1S/C44H63N7O9/c1-3-30(2)40(44(60)49-33(41(46)57)27-31-19-13-11-14-20-31)51-37(53)23-17-9-7-5-4-6-8-10-18-26-47-42(58)35(29-36(45)52)50-43(59)34(28-32-21-15-12-16-22-32)48-38(54)24-25-39(55)56/h11-16,19-22,24-25,30,33-35,40H,3-10,17-18,23,26-29H2,1-2H3,(H2,45,52)(H2,46,57)(H,47,58)(H,48,54)(H,49,60)(H,50,59)(H,51,53)(H,55,56)/b25-24+/t30-,33+,34-,35-,40+/m1/s1. The molecule has 0 aromatic heterocycles. The second-order valence-corrected chi connectivity index (χ2v) is 15.0. The number of benzene rings is 2. The fraction of sp³-hybridized carbons (Fsp3) is 0.500. The average Bonchev–Trinajstić information content (AvgIpc) is 3.21. The van der Waals surface area contributed by atoms with Crippen molar-refractivity contribution in [1.29, 1.82) is 0 Å². The predicted octanol–water partition coefficient (Wildman–Crippen LogP) is 2.48. The van der Waals surface area contributed by atoms with Gasteiger partial charge in [0.15, 0.2) is 0 Å². The fourth-order valence-corrected chi connectivity index (χ4v) is 6.37. The molecule has 0 unspecified atom stereocenters. The van der Waals surface area contributed by atoms with Crippen LogP contribution in [0.25, 0.3) is 0 Å². The number of hydrogen-bond donors (Lipinski definition) is 8. The van der Waals surface area contributed by atoms with Gasteiger partial charge in [-0.3, -0.25) is 33.6 Å². The molecule has 2 aromatic rings. The van der Waals surface area contributed by atoms with E-state index in [0.717, 1.165) is 56.6 Å². The van der Waals surface area contributed by atoms with Gasteiger partial charge in [0.1, 0.15) is 24.2 Å². The van der Waals surface area contributed by atoms with E-state index in [2.05, 4.69) is 26.6 Å². The van der Waals surface area contributed by atoms with E-state index in [1.807, 2.05) is 44.2 Å². The smallest absolute Gasteiger partial charge is 0.328 e. The van der Waals surface area contributed by atoms with Crippen molar-refractivity contribution < 1.29 is 43.5 Å². The zero-order chi connectivity index (χ0) is 44.3. The summed E-state index contributed by atoms with van der Waals surface area (Å²) in [6.07, 6.45) is 10.2. The Labute approximate surface area is 352 Å². The Balaban J connectivity index is 1.69. The topological polar surface area (TPSA) is 269 Å². The Hall–Kier alpha value is -6.06. The summed E-state index contributed by atoms with van der Waals surface area (Å²) in [5.41, 5.74) is 12.5. The van der Waals surface area contributed by atoms with Gasteiger partial charge in [0.2, 0.25) is 41.4 Å². The van der Waals surface area contributed by atoms with Crippen molar-refractivity contribution in [2.75, 3.05) is 6.54 Å².